The monoisotopic (exact) mass is 227 g/mol. The van der Waals surface area contributed by atoms with Crippen LogP contribution in [-0.2, 0) is 0 Å². The van der Waals surface area contributed by atoms with Crippen LogP contribution in [0.5, 0.6) is 0 Å². The molecule has 0 bridgehead atoms. The number of rotatable bonds is 2. The predicted molar refractivity (Wildman–Crippen MR) is 69.2 cm³/mol. The Balaban J connectivity index is 1.81. The number of hydrogen-bond donors (Lipinski definition) is 1. The van der Waals surface area contributed by atoms with Gasteiger partial charge in [-0.25, -0.2) is 0 Å². The van der Waals surface area contributed by atoms with Gasteiger partial charge in [0.05, 0.1) is 0 Å². The maximum Gasteiger partial charge on any atom is 0.0201 e. The van der Waals surface area contributed by atoms with Crippen LogP contribution in [0.1, 0.15) is 51.9 Å². The van der Waals surface area contributed by atoms with Crippen LogP contribution >= 0.6 is 11.8 Å². The zero-order valence-electron chi connectivity index (χ0n) is 9.95. The Hall–Kier alpha value is 0.310. The third-order valence-corrected chi connectivity index (χ3v) is 5.75. The molecule has 1 aliphatic heterocycles. The summed E-state index contributed by atoms with van der Waals surface area (Å²) in [5, 5.41) is 0.775. The van der Waals surface area contributed by atoms with Crippen LogP contribution in [0.25, 0.3) is 0 Å². The van der Waals surface area contributed by atoms with Gasteiger partial charge in [0.1, 0.15) is 0 Å². The Morgan fingerprint density at radius 1 is 1.07 bits per heavy atom. The van der Waals surface area contributed by atoms with Crippen molar-refractivity contribution in [3.05, 3.63) is 0 Å². The normalized spacial score (nSPS) is 40.0. The van der Waals surface area contributed by atoms with Crippen molar-refractivity contribution >= 4 is 11.8 Å². The molecule has 0 aromatic heterocycles. The summed E-state index contributed by atoms with van der Waals surface area (Å²) < 4.78 is 0. The van der Waals surface area contributed by atoms with E-state index in [0.29, 0.717) is 6.04 Å². The van der Waals surface area contributed by atoms with Crippen LogP contribution in [0.4, 0.5) is 0 Å². The molecule has 1 heterocycles. The van der Waals surface area contributed by atoms with Gasteiger partial charge < -0.3 is 5.73 Å². The van der Waals surface area contributed by atoms with Crippen molar-refractivity contribution in [3.63, 3.8) is 0 Å². The van der Waals surface area contributed by atoms with Gasteiger partial charge in [-0.3, -0.25) is 0 Å². The molecule has 1 aliphatic carbocycles. The van der Waals surface area contributed by atoms with E-state index in [1.54, 1.807) is 0 Å². The lowest BCUT2D eigenvalue weighted by atomic mass is 9.78. The van der Waals surface area contributed by atoms with Crippen molar-refractivity contribution in [2.24, 2.45) is 17.6 Å². The van der Waals surface area contributed by atoms with Gasteiger partial charge in [-0.2, -0.15) is 11.8 Å². The minimum atomic E-state index is 0.489. The molecule has 0 aromatic carbocycles. The molecule has 1 nitrogen and oxygen atoms in total. The Morgan fingerprint density at radius 2 is 1.80 bits per heavy atom. The molecule has 2 atom stereocenters. The molecule has 0 radical (unpaired) electrons. The fourth-order valence-electron chi connectivity index (χ4n) is 3.04. The second-order valence-corrected chi connectivity index (χ2v) is 6.85. The van der Waals surface area contributed by atoms with E-state index in [4.69, 9.17) is 5.73 Å². The smallest absolute Gasteiger partial charge is 0.0201 e. The van der Waals surface area contributed by atoms with E-state index in [1.165, 1.54) is 50.7 Å². The fraction of sp³-hybridized carbons (Fsp3) is 1.00. The maximum atomic E-state index is 6.45. The van der Waals surface area contributed by atoms with Crippen LogP contribution < -0.4 is 5.73 Å². The third kappa shape index (κ3) is 3.13. The molecule has 0 aromatic rings. The number of hydrogen-bond acceptors (Lipinski definition) is 2. The first kappa shape index (κ1) is 11.8. The highest BCUT2D eigenvalue weighted by molar-refractivity contribution is 8.00. The summed E-state index contributed by atoms with van der Waals surface area (Å²) in [6.07, 6.45) is 9.80. The van der Waals surface area contributed by atoms with E-state index in [1.807, 2.05) is 0 Å². The Bertz CT molecular complexity index is 181. The number of thioether (sulfide) groups is 1. The second kappa shape index (κ2) is 5.58. The Labute approximate surface area is 98.6 Å². The molecule has 2 unspecified atom stereocenters. The first-order valence-electron chi connectivity index (χ1n) is 6.64. The van der Waals surface area contributed by atoms with Crippen LogP contribution in [-0.4, -0.2) is 17.0 Å². The van der Waals surface area contributed by atoms with E-state index in [2.05, 4.69) is 18.7 Å². The summed E-state index contributed by atoms with van der Waals surface area (Å²) in [4.78, 5) is 0. The standard InChI is InChI=1S/C13H25NS/c1-10-5-7-11(8-6-10)13(14)12-4-2-3-9-15-12/h10-13H,2-9,14H2,1H3. The van der Waals surface area contributed by atoms with E-state index >= 15 is 0 Å². The molecule has 1 saturated heterocycles. The average Bonchev–Trinajstić information content (AvgIpc) is 2.30. The van der Waals surface area contributed by atoms with Crippen LogP contribution in [0.3, 0.4) is 0 Å². The minimum absolute atomic E-state index is 0.489. The van der Waals surface area contributed by atoms with Gasteiger partial charge in [-0.05, 0) is 43.3 Å². The molecule has 2 heteroatoms. The second-order valence-electron chi connectivity index (χ2n) is 5.50. The van der Waals surface area contributed by atoms with E-state index in [0.717, 1.165) is 17.1 Å². The first-order valence-corrected chi connectivity index (χ1v) is 7.69. The van der Waals surface area contributed by atoms with Gasteiger partial charge in [-0.1, -0.05) is 26.2 Å². The van der Waals surface area contributed by atoms with Gasteiger partial charge in [-0.15, -0.1) is 0 Å². The van der Waals surface area contributed by atoms with Crippen molar-refractivity contribution in [1.82, 2.24) is 0 Å². The molecule has 0 amide bonds. The lowest BCUT2D eigenvalue weighted by Crippen LogP contribution is -2.42. The van der Waals surface area contributed by atoms with E-state index in [-0.39, 0.29) is 0 Å². The fourth-order valence-corrected chi connectivity index (χ4v) is 4.49. The van der Waals surface area contributed by atoms with Gasteiger partial charge in [0.25, 0.3) is 0 Å². The summed E-state index contributed by atoms with van der Waals surface area (Å²) in [6, 6.07) is 0.489. The largest absolute Gasteiger partial charge is 0.326 e. The zero-order valence-corrected chi connectivity index (χ0v) is 10.8. The predicted octanol–water partition coefficient (Wildman–Crippen LogP) is 3.43. The SMILES string of the molecule is CC1CCC(C(N)C2CCCCS2)CC1. The summed E-state index contributed by atoms with van der Waals surface area (Å²) in [7, 11) is 0. The summed E-state index contributed by atoms with van der Waals surface area (Å²) in [5.74, 6) is 3.13. The molecule has 2 fully saturated rings. The highest BCUT2D eigenvalue weighted by atomic mass is 32.2. The third-order valence-electron chi connectivity index (χ3n) is 4.25. The topological polar surface area (TPSA) is 26.0 Å². The molecule has 2 N–H and O–H groups in total. The Morgan fingerprint density at radius 3 is 2.40 bits per heavy atom. The summed E-state index contributed by atoms with van der Waals surface area (Å²) in [5.41, 5.74) is 6.45. The van der Waals surface area contributed by atoms with Gasteiger partial charge >= 0.3 is 0 Å². The lowest BCUT2D eigenvalue weighted by molar-refractivity contribution is 0.248. The summed E-state index contributed by atoms with van der Waals surface area (Å²) in [6.45, 7) is 2.39. The molecular weight excluding hydrogens is 202 g/mol. The molecule has 15 heavy (non-hydrogen) atoms. The van der Waals surface area contributed by atoms with Gasteiger partial charge in [0.15, 0.2) is 0 Å². The van der Waals surface area contributed by atoms with Gasteiger partial charge in [0.2, 0.25) is 0 Å². The highest BCUT2D eigenvalue weighted by Gasteiger charge is 2.30. The maximum absolute atomic E-state index is 6.45. The van der Waals surface area contributed by atoms with E-state index in [9.17, 15) is 0 Å². The molecular formula is C13H25NS. The van der Waals surface area contributed by atoms with Crippen molar-refractivity contribution in [1.29, 1.82) is 0 Å². The molecule has 0 spiro atoms. The van der Waals surface area contributed by atoms with Crippen molar-refractivity contribution in [3.8, 4) is 0 Å². The van der Waals surface area contributed by atoms with Crippen molar-refractivity contribution < 1.29 is 0 Å². The van der Waals surface area contributed by atoms with E-state index < -0.39 is 0 Å². The molecule has 2 aliphatic rings. The minimum Gasteiger partial charge on any atom is -0.326 e. The molecule has 88 valence electrons. The van der Waals surface area contributed by atoms with Crippen LogP contribution in [0, 0.1) is 11.8 Å². The number of nitrogens with two attached hydrogens (primary N) is 1. The summed E-state index contributed by atoms with van der Waals surface area (Å²) >= 11 is 2.14. The molecule has 1 saturated carbocycles. The van der Waals surface area contributed by atoms with Crippen LogP contribution in [0.15, 0.2) is 0 Å². The molecule has 2 rings (SSSR count). The average molecular weight is 227 g/mol. The first-order chi connectivity index (χ1) is 7.27. The zero-order chi connectivity index (χ0) is 10.7. The van der Waals surface area contributed by atoms with Gasteiger partial charge in [0, 0.05) is 11.3 Å². The highest BCUT2D eigenvalue weighted by Crippen LogP contribution is 2.36. The van der Waals surface area contributed by atoms with Crippen molar-refractivity contribution in [2.45, 2.75) is 63.2 Å². The lowest BCUT2D eigenvalue weighted by Gasteiger charge is -2.36. The Kier molecular flexibility index (Phi) is 4.39. The van der Waals surface area contributed by atoms with Crippen molar-refractivity contribution in [2.75, 3.05) is 5.75 Å². The quantitative estimate of drug-likeness (QED) is 0.782. The van der Waals surface area contributed by atoms with Crippen LogP contribution in [0.2, 0.25) is 0 Å².